The van der Waals surface area contributed by atoms with Crippen molar-refractivity contribution in [2.75, 3.05) is 0 Å². The molecular formula is C54H33N3O. The van der Waals surface area contributed by atoms with Gasteiger partial charge < -0.3 is 9.30 Å². The summed E-state index contributed by atoms with van der Waals surface area (Å²) in [5.74, 6) is 1.68. The van der Waals surface area contributed by atoms with E-state index in [-0.39, 0.29) is 0 Å². The van der Waals surface area contributed by atoms with E-state index in [1.54, 1.807) is 0 Å². The Hall–Kier alpha value is -7.82. The van der Waals surface area contributed by atoms with Gasteiger partial charge in [-0.05, 0) is 106 Å². The molecule has 4 nitrogen and oxygen atoms in total. The minimum Gasteiger partial charge on any atom is -0.456 e. The third-order valence-corrected chi connectivity index (χ3v) is 11.6. The minimum absolute atomic E-state index is 0.835. The summed E-state index contributed by atoms with van der Waals surface area (Å²) in [6, 6.07) is 70.7. The zero-order valence-corrected chi connectivity index (χ0v) is 31.3. The van der Waals surface area contributed by atoms with Crippen molar-refractivity contribution in [1.29, 1.82) is 0 Å². The van der Waals surface area contributed by atoms with Crippen LogP contribution in [0.5, 0.6) is 11.5 Å². The van der Waals surface area contributed by atoms with Crippen molar-refractivity contribution < 1.29 is 4.74 Å². The first-order valence-electron chi connectivity index (χ1n) is 19.7. The van der Waals surface area contributed by atoms with Crippen LogP contribution in [0.2, 0.25) is 0 Å². The van der Waals surface area contributed by atoms with Crippen LogP contribution in [0.4, 0.5) is 0 Å². The predicted octanol–water partition coefficient (Wildman–Crippen LogP) is 14.3. The highest BCUT2D eigenvalue weighted by atomic mass is 16.5. The normalized spacial score (nSPS) is 11.9. The van der Waals surface area contributed by atoms with E-state index < -0.39 is 0 Å². The second-order valence-corrected chi connectivity index (χ2v) is 14.9. The Balaban J connectivity index is 0.984. The standard InChI is InChI=1S/C54H33N3O/c1-3-13-34(14-4-1)35-15-11-16-38(31-35)53-54(56-47-23-9-8-22-46(47)55-53)44-28-30-50-52-42(20-12-21-43(44)52)41-27-25-37(33-51(41)58-50)36-26-29-49-45(32-36)40-19-7-10-24-48(40)57(49)39-17-5-2-6-18-39/h1-33H. The van der Waals surface area contributed by atoms with Gasteiger partial charge in [-0.3, -0.25) is 0 Å². The molecule has 1 aliphatic heterocycles. The lowest BCUT2D eigenvalue weighted by Crippen LogP contribution is -2.00. The fourth-order valence-electron chi connectivity index (χ4n) is 8.89. The van der Waals surface area contributed by atoms with E-state index in [0.717, 1.165) is 94.9 Å². The van der Waals surface area contributed by atoms with Crippen molar-refractivity contribution in [2.45, 2.75) is 0 Å². The number of hydrogen-bond donors (Lipinski definition) is 0. The van der Waals surface area contributed by atoms with Crippen LogP contribution in [0.25, 0.3) is 105 Å². The molecule has 3 heterocycles. The van der Waals surface area contributed by atoms with Crippen LogP contribution in [0.3, 0.4) is 0 Å². The molecule has 11 aromatic rings. The van der Waals surface area contributed by atoms with E-state index in [0.29, 0.717) is 0 Å². The molecule has 0 unspecified atom stereocenters. The molecule has 0 amide bonds. The van der Waals surface area contributed by atoms with Gasteiger partial charge in [-0.25, -0.2) is 9.97 Å². The zero-order chi connectivity index (χ0) is 38.2. The molecule has 58 heavy (non-hydrogen) atoms. The molecule has 0 spiro atoms. The molecular weight excluding hydrogens is 707 g/mol. The number of nitrogens with zero attached hydrogens (tertiary/aromatic N) is 3. The van der Waals surface area contributed by atoms with E-state index >= 15 is 0 Å². The summed E-state index contributed by atoms with van der Waals surface area (Å²) in [6.45, 7) is 0. The predicted molar refractivity (Wildman–Crippen MR) is 239 cm³/mol. The fourth-order valence-corrected chi connectivity index (χ4v) is 8.89. The first-order valence-corrected chi connectivity index (χ1v) is 19.7. The van der Waals surface area contributed by atoms with Gasteiger partial charge in [0.15, 0.2) is 0 Å². The highest BCUT2D eigenvalue weighted by Crippen LogP contribution is 2.50. The van der Waals surface area contributed by atoms with Gasteiger partial charge in [-0.1, -0.05) is 127 Å². The quantitative estimate of drug-likeness (QED) is 0.176. The second kappa shape index (κ2) is 12.9. The largest absolute Gasteiger partial charge is 0.456 e. The van der Waals surface area contributed by atoms with Crippen LogP contribution in [0.1, 0.15) is 0 Å². The lowest BCUT2D eigenvalue weighted by molar-refractivity contribution is 0.487. The summed E-state index contributed by atoms with van der Waals surface area (Å²) in [7, 11) is 0. The molecule has 0 atom stereocenters. The van der Waals surface area contributed by atoms with E-state index in [1.165, 1.54) is 21.8 Å². The second-order valence-electron chi connectivity index (χ2n) is 14.9. The summed E-state index contributed by atoms with van der Waals surface area (Å²) >= 11 is 0. The maximum absolute atomic E-state index is 6.83. The number of rotatable bonds is 5. The summed E-state index contributed by atoms with van der Waals surface area (Å²) in [6.07, 6.45) is 0. The number of para-hydroxylation sites is 4. The number of ether oxygens (including phenoxy) is 1. The summed E-state index contributed by atoms with van der Waals surface area (Å²) < 4.78 is 9.18. The number of aromatic nitrogens is 3. The lowest BCUT2D eigenvalue weighted by atomic mass is 9.89. The van der Waals surface area contributed by atoms with E-state index in [4.69, 9.17) is 14.7 Å². The van der Waals surface area contributed by atoms with Crippen molar-refractivity contribution in [3.05, 3.63) is 200 Å². The maximum Gasteiger partial charge on any atom is 0.135 e. The molecule has 270 valence electrons. The molecule has 0 radical (unpaired) electrons. The molecule has 0 N–H and O–H groups in total. The number of hydrogen-bond acceptors (Lipinski definition) is 3. The Morgan fingerprint density at radius 1 is 0.345 bits per heavy atom. The Morgan fingerprint density at radius 2 is 0.966 bits per heavy atom. The summed E-state index contributed by atoms with van der Waals surface area (Å²) in [5, 5.41) is 4.61. The van der Waals surface area contributed by atoms with Crippen LogP contribution in [-0.2, 0) is 0 Å². The third kappa shape index (κ3) is 5.09. The molecule has 0 aliphatic carbocycles. The highest BCUT2D eigenvalue weighted by Gasteiger charge is 2.25. The van der Waals surface area contributed by atoms with E-state index in [2.05, 4.69) is 174 Å². The first-order chi connectivity index (χ1) is 28.7. The van der Waals surface area contributed by atoms with Crippen molar-refractivity contribution in [3.63, 3.8) is 0 Å². The van der Waals surface area contributed by atoms with Gasteiger partial charge in [0.25, 0.3) is 0 Å². The van der Waals surface area contributed by atoms with E-state index in [9.17, 15) is 0 Å². The summed E-state index contributed by atoms with van der Waals surface area (Å²) in [5.41, 5.74) is 15.8. The molecule has 0 bridgehead atoms. The fraction of sp³-hybridized carbons (Fsp3) is 0. The summed E-state index contributed by atoms with van der Waals surface area (Å²) in [4.78, 5) is 10.6. The molecule has 0 saturated carbocycles. The average Bonchev–Trinajstić information content (AvgIpc) is 3.63. The Kier molecular flexibility index (Phi) is 7.20. The zero-order valence-electron chi connectivity index (χ0n) is 31.3. The van der Waals surface area contributed by atoms with Crippen LogP contribution in [-0.4, -0.2) is 14.5 Å². The van der Waals surface area contributed by atoms with Gasteiger partial charge in [-0.2, -0.15) is 0 Å². The molecule has 1 aliphatic rings. The van der Waals surface area contributed by atoms with Gasteiger partial charge >= 0.3 is 0 Å². The number of benzene rings is 9. The van der Waals surface area contributed by atoms with Crippen LogP contribution in [0.15, 0.2) is 200 Å². The van der Waals surface area contributed by atoms with Crippen LogP contribution >= 0.6 is 0 Å². The lowest BCUT2D eigenvalue weighted by Gasteiger charge is -2.23. The van der Waals surface area contributed by atoms with Gasteiger partial charge in [0.2, 0.25) is 0 Å². The van der Waals surface area contributed by atoms with Gasteiger partial charge in [0.05, 0.1) is 33.5 Å². The molecule has 0 saturated heterocycles. The SMILES string of the molecule is c1ccc(-c2cccc(-c3nc4ccccc4nc3-c3ccc4c5c(cccc35)-c3ccc(-c5ccc6c(c5)c5ccccc5n6-c5ccccc5)cc3O4)c2)cc1. The average molecular weight is 740 g/mol. The van der Waals surface area contributed by atoms with Gasteiger partial charge in [0, 0.05) is 38.5 Å². The van der Waals surface area contributed by atoms with Gasteiger partial charge in [0.1, 0.15) is 11.5 Å². The molecule has 2 aromatic heterocycles. The van der Waals surface area contributed by atoms with Crippen molar-refractivity contribution in [3.8, 4) is 73.1 Å². The van der Waals surface area contributed by atoms with E-state index in [1.807, 2.05) is 30.3 Å². The molecule has 4 heteroatoms. The van der Waals surface area contributed by atoms with Crippen molar-refractivity contribution in [2.24, 2.45) is 0 Å². The maximum atomic E-state index is 6.83. The van der Waals surface area contributed by atoms with Crippen LogP contribution in [0, 0.1) is 0 Å². The Labute approximate surface area is 334 Å². The molecule has 12 rings (SSSR count). The van der Waals surface area contributed by atoms with Gasteiger partial charge in [-0.15, -0.1) is 0 Å². The number of fused-ring (bicyclic) bond motifs is 6. The highest BCUT2D eigenvalue weighted by molar-refractivity contribution is 6.12. The molecule has 0 fully saturated rings. The monoisotopic (exact) mass is 739 g/mol. The first kappa shape index (κ1) is 32.4. The van der Waals surface area contributed by atoms with Crippen molar-refractivity contribution >= 4 is 43.6 Å². The smallest absolute Gasteiger partial charge is 0.135 e. The topological polar surface area (TPSA) is 39.9 Å². The van der Waals surface area contributed by atoms with Crippen molar-refractivity contribution in [1.82, 2.24) is 14.5 Å². The Bertz CT molecular complexity index is 3420. The van der Waals surface area contributed by atoms with Crippen LogP contribution < -0.4 is 4.74 Å². The third-order valence-electron chi connectivity index (χ3n) is 11.6. The Morgan fingerprint density at radius 3 is 1.83 bits per heavy atom. The molecule has 9 aromatic carbocycles. The minimum atomic E-state index is 0.835.